The van der Waals surface area contributed by atoms with Gasteiger partial charge in [-0.05, 0) is 11.6 Å². The van der Waals surface area contributed by atoms with Crippen LogP contribution in [0.3, 0.4) is 0 Å². The molecule has 10 heteroatoms. The van der Waals surface area contributed by atoms with Gasteiger partial charge in [-0.25, -0.2) is 15.0 Å². The first-order valence-electron chi connectivity index (χ1n) is 9.78. The van der Waals surface area contributed by atoms with Crippen LogP contribution in [0, 0.1) is 0 Å². The molecular weight excluding hydrogens is 398 g/mol. The van der Waals surface area contributed by atoms with Gasteiger partial charge in [0.1, 0.15) is 18.1 Å². The van der Waals surface area contributed by atoms with Gasteiger partial charge in [0.25, 0.3) is 5.56 Å². The van der Waals surface area contributed by atoms with E-state index < -0.39 is 0 Å². The van der Waals surface area contributed by atoms with Crippen LogP contribution in [-0.4, -0.2) is 49.6 Å². The topological polar surface area (TPSA) is 112 Å². The molecule has 1 aromatic carbocycles. The summed E-state index contributed by atoms with van der Waals surface area (Å²) in [5.74, 6) is 0.565. The first-order chi connectivity index (χ1) is 15.2. The summed E-state index contributed by atoms with van der Waals surface area (Å²) in [5.41, 5.74) is 3.47. The highest BCUT2D eigenvalue weighted by atomic mass is 16.5. The molecule has 1 atom stereocenters. The summed E-state index contributed by atoms with van der Waals surface area (Å²) >= 11 is 0. The van der Waals surface area contributed by atoms with E-state index in [0.717, 1.165) is 11.1 Å². The largest absolute Gasteiger partial charge is 0.370 e. The zero-order chi connectivity index (χ0) is 21.2. The number of nitrogens with zero attached hydrogens (tertiary/aromatic N) is 7. The lowest BCUT2D eigenvalue weighted by Gasteiger charge is -2.35. The van der Waals surface area contributed by atoms with Crippen molar-refractivity contribution in [3.63, 3.8) is 0 Å². The molecule has 5 rings (SSSR count). The van der Waals surface area contributed by atoms with Crippen LogP contribution < -0.4 is 10.5 Å². The van der Waals surface area contributed by atoms with Crippen LogP contribution in [0.2, 0.25) is 0 Å². The molecule has 0 aliphatic carbocycles. The Bertz CT molecular complexity index is 1240. The Morgan fingerprint density at radius 1 is 1.13 bits per heavy atom. The third-order valence-corrected chi connectivity index (χ3v) is 5.25. The van der Waals surface area contributed by atoms with E-state index in [9.17, 15) is 4.79 Å². The Morgan fingerprint density at radius 3 is 2.84 bits per heavy atom. The van der Waals surface area contributed by atoms with Crippen LogP contribution in [0.5, 0.6) is 0 Å². The smallest absolute Gasteiger partial charge is 0.255 e. The summed E-state index contributed by atoms with van der Waals surface area (Å²) in [6.07, 6.45) is 4.34. The number of rotatable bonds is 4. The molecule has 10 nitrogen and oxygen atoms in total. The highest BCUT2D eigenvalue weighted by Gasteiger charge is 2.27. The van der Waals surface area contributed by atoms with Gasteiger partial charge in [0, 0.05) is 36.7 Å². The Hall–Kier alpha value is -3.92. The SMILES string of the molecule is Cn1c(N2CCOC(c3ccccc3-c3conn3)C2)nc(-c2ccncn2)cc1=O. The second-order valence-electron chi connectivity index (χ2n) is 7.12. The number of anilines is 1. The second kappa shape index (κ2) is 8.07. The van der Waals surface area contributed by atoms with Gasteiger partial charge < -0.3 is 14.2 Å². The molecule has 156 valence electrons. The summed E-state index contributed by atoms with van der Waals surface area (Å²) in [6.45, 7) is 1.62. The summed E-state index contributed by atoms with van der Waals surface area (Å²) in [4.78, 5) is 27.6. The fraction of sp³-hybridized carbons (Fsp3) is 0.238. The normalized spacial score (nSPS) is 16.4. The quantitative estimate of drug-likeness (QED) is 0.491. The minimum Gasteiger partial charge on any atom is -0.370 e. The van der Waals surface area contributed by atoms with E-state index in [1.54, 1.807) is 23.9 Å². The van der Waals surface area contributed by atoms with E-state index in [0.29, 0.717) is 42.7 Å². The fourth-order valence-corrected chi connectivity index (χ4v) is 3.70. The minimum absolute atomic E-state index is 0.157. The summed E-state index contributed by atoms with van der Waals surface area (Å²) in [7, 11) is 1.72. The maximum Gasteiger partial charge on any atom is 0.255 e. The predicted octanol–water partition coefficient (Wildman–Crippen LogP) is 1.87. The van der Waals surface area contributed by atoms with E-state index in [4.69, 9.17) is 14.2 Å². The van der Waals surface area contributed by atoms with Crippen molar-refractivity contribution in [2.75, 3.05) is 24.6 Å². The van der Waals surface area contributed by atoms with Gasteiger partial charge in [0.15, 0.2) is 6.26 Å². The van der Waals surface area contributed by atoms with Gasteiger partial charge in [0.2, 0.25) is 5.95 Å². The number of aromatic nitrogens is 6. The standard InChI is InChI=1S/C21H19N7O3/c1-27-20(29)10-17(16-6-7-22-13-23-16)24-21(27)28-8-9-30-19(11-28)15-5-3-2-4-14(15)18-12-31-26-25-18/h2-7,10,12-13,19H,8-9,11H2,1H3. The second-order valence-corrected chi connectivity index (χ2v) is 7.12. The molecule has 0 saturated carbocycles. The predicted molar refractivity (Wildman–Crippen MR) is 111 cm³/mol. The van der Waals surface area contributed by atoms with E-state index >= 15 is 0 Å². The first-order valence-corrected chi connectivity index (χ1v) is 9.78. The van der Waals surface area contributed by atoms with Crippen molar-refractivity contribution in [2.24, 2.45) is 7.05 Å². The van der Waals surface area contributed by atoms with E-state index in [-0.39, 0.29) is 11.7 Å². The molecule has 1 unspecified atom stereocenters. The Labute approximate surface area is 177 Å². The van der Waals surface area contributed by atoms with Crippen molar-refractivity contribution in [2.45, 2.75) is 6.10 Å². The number of hydrogen-bond acceptors (Lipinski definition) is 9. The van der Waals surface area contributed by atoms with Crippen LogP contribution in [0.1, 0.15) is 11.7 Å². The molecule has 0 amide bonds. The lowest BCUT2D eigenvalue weighted by molar-refractivity contribution is 0.0393. The van der Waals surface area contributed by atoms with Crippen molar-refractivity contribution < 1.29 is 9.26 Å². The average Bonchev–Trinajstić information content (AvgIpc) is 3.36. The molecular formula is C21H19N7O3. The molecule has 4 aromatic rings. The highest BCUT2D eigenvalue weighted by Crippen LogP contribution is 2.32. The monoisotopic (exact) mass is 417 g/mol. The molecule has 1 aliphatic rings. The molecule has 31 heavy (non-hydrogen) atoms. The van der Waals surface area contributed by atoms with Gasteiger partial charge in [-0.1, -0.05) is 24.3 Å². The molecule has 1 saturated heterocycles. The Morgan fingerprint density at radius 2 is 2.03 bits per heavy atom. The minimum atomic E-state index is -0.235. The Balaban J connectivity index is 1.50. The summed E-state index contributed by atoms with van der Waals surface area (Å²) < 4.78 is 12.5. The maximum atomic E-state index is 12.6. The highest BCUT2D eigenvalue weighted by molar-refractivity contribution is 5.63. The van der Waals surface area contributed by atoms with Crippen molar-refractivity contribution in [1.82, 2.24) is 29.9 Å². The number of benzene rings is 1. The van der Waals surface area contributed by atoms with Gasteiger partial charge in [0.05, 0.1) is 24.5 Å². The van der Waals surface area contributed by atoms with Crippen LogP contribution in [0.15, 0.2) is 64.5 Å². The number of morpholine rings is 1. The van der Waals surface area contributed by atoms with Gasteiger partial charge in [-0.3, -0.25) is 9.36 Å². The molecule has 1 fully saturated rings. The zero-order valence-electron chi connectivity index (χ0n) is 16.8. The van der Waals surface area contributed by atoms with E-state index in [1.807, 2.05) is 24.3 Å². The lowest BCUT2D eigenvalue weighted by Crippen LogP contribution is -2.41. The fourth-order valence-electron chi connectivity index (χ4n) is 3.70. The number of ether oxygens (including phenoxy) is 1. The van der Waals surface area contributed by atoms with Crippen LogP contribution >= 0.6 is 0 Å². The van der Waals surface area contributed by atoms with Gasteiger partial charge in [-0.15, -0.1) is 5.10 Å². The summed E-state index contributed by atoms with van der Waals surface area (Å²) in [6, 6.07) is 11.1. The van der Waals surface area contributed by atoms with Gasteiger partial charge >= 0.3 is 0 Å². The third kappa shape index (κ3) is 3.68. The first kappa shape index (κ1) is 19.1. The molecule has 0 radical (unpaired) electrons. The molecule has 0 spiro atoms. The molecule has 0 bridgehead atoms. The molecule has 0 N–H and O–H groups in total. The van der Waals surface area contributed by atoms with Gasteiger partial charge in [-0.2, -0.15) is 0 Å². The lowest BCUT2D eigenvalue weighted by atomic mass is 9.99. The molecule has 3 aromatic heterocycles. The van der Waals surface area contributed by atoms with Crippen molar-refractivity contribution in [3.05, 3.63) is 71.1 Å². The molecule has 1 aliphatic heterocycles. The number of hydrogen-bond donors (Lipinski definition) is 0. The van der Waals surface area contributed by atoms with Crippen LogP contribution in [0.4, 0.5) is 5.95 Å². The van der Waals surface area contributed by atoms with E-state index in [2.05, 4.69) is 25.2 Å². The van der Waals surface area contributed by atoms with Crippen molar-refractivity contribution in [1.29, 1.82) is 0 Å². The third-order valence-electron chi connectivity index (χ3n) is 5.25. The van der Waals surface area contributed by atoms with Crippen molar-refractivity contribution >= 4 is 5.95 Å². The molecule has 4 heterocycles. The van der Waals surface area contributed by atoms with Crippen molar-refractivity contribution in [3.8, 4) is 22.6 Å². The van der Waals surface area contributed by atoms with Crippen LogP contribution in [0.25, 0.3) is 22.6 Å². The van der Waals surface area contributed by atoms with Crippen LogP contribution in [-0.2, 0) is 11.8 Å². The van der Waals surface area contributed by atoms with E-state index in [1.165, 1.54) is 18.7 Å². The Kier molecular flexibility index (Phi) is 4.97. The zero-order valence-corrected chi connectivity index (χ0v) is 16.8. The average molecular weight is 417 g/mol. The summed E-state index contributed by atoms with van der Waals surface area (Å²) in [5, 5.41) is 7.61. The maximum absolute atomic E-state index is 12.6.